The topological polar surface area (TPSA) is 114 Å². The minimum absolute atomic E-state index is 0.00358. The van der Waals surface area contributed by atoms with Crippen LogP contribution in [-0.4, -0.2) is 61.1 Å². The molecule has 3 rings (SSSR count). The van der Waals surface area contributed by atoms with Gasteiger partial charge < -0.3 is 4.90 Å². The standard InChI is InChI=1S/C21H23ClN4O5S2/c1-3-24(4-2)11-12-25(20(27)14-33(30,31)17-8-5-15(22)6-9-17)21-23-18-10-7-16(26(28)29)13-19(18)32-21/h5-10,13H,3-4,11-12,14H2,1-2H3. The zero-order chi connectivity index (χ0) is 24.2. The van der Waals surface area contributed by atoms with Crippen LogP contribution in [0.5, 0.6) is 0 Å². The van der Waals surface area contributed by atoms with Crippen molar-refractivity contribution >= 4 is 59.7 Å². The minimum Gasteiger partial charge on any atom is -0.302 e. The second-order valence-electron chi connectivity index (χ2n) is 7.19. The first kappa shape index (κ1) is 25.0. The number of carbonyl (C=O) groups excluding carboxylic acids is 1. The maximum atomic E-state index is 13.2. The van der Waals surface area contributed by atoms with Crippen LogP contribution in [0.3, 0.4) is 0 Å². The van der Waals surface area contributed by atoms with Crippen molar-refractivity contribution in [1.29, 1.82) is 0 Å². The molecule has 176 valence electrons. The largest absolute Gasteiger partial charge is 0.302 e. The van der Waals surface area contributed by atoms with Crippen molar-refractivity contribution < 1.29 is 18.1 Å². The fourth-order valence-electron chi connectivity index (χ4n) is 3.20. The summed E-state index contributed by atoms with van der Waals surface area (Å²) >= 11 is 6.96. The number of non-ortho nitro benzene ring substituents is 1. The Morgan fingerprint density at radius 1 is 1.12 bits per heavy atom. The maximum Gasteiger partial charge on any atom is 0.270 e. The molecule has 3 aromatic rings. The molecular formula is C21H23ClN4O5S2. The van der Waals surface area contributed by atoms with E-state index < -0.39 is 26.4 Å². The number of fused-ring (bicyclic) bond motifs is 1. The third kappa shape index (κ3) is 6.05. The molecule has 0 aliphatic heterocycles. The number of thiazole rings is 1. The number of benzene rings is 2. The first-order valence-corrected chi connectivity index (χ1v) is 13.0. The smallest absolute Gasteiger partial charge is 0.270 e. The third-order valence-electron chi connectivity index (χ3n) is 5.12. The predicted molar refractivity (Wildman–Crippen MR) is 130 cm³/mol. The van der Waals surface area contributed by atoms with Crippen LogP contribution in [-0.2, 0) is 14.6 Å². The summed E-state index contributed by atoms with van der Waals surface area (Å²) in [6.07, 6.45) is 0. The van der Waals surface area contributed by atoms with Gasteiger partial charge in [-0.25, -0.2) is 13.4 Å². The van der Waals surface area contributed by atoms with E-state index in [9.17, 15) is 23.3 Å². The van der Waals surface area contributed by atoms with Crippen LogP contribution >= 0.6 is 22.9 Å². The van der Waals surface area contributed by atoms with Gasteiger partial charge in [-0.3, -0.25) is 19.8 Å². The second kappa shape index (κ2) is 10.6. The molecule has 1 amide bonds. The Bertz CT molecular complexity index is 1260. The molecule has 0 N–H and O–H groups in total. The molecule has 0 aliphatic rings. The maximum absolute atomic E-state index is 13.2. The van der Waals surface area contributed by atoms with Crippen molar-refractivity contribution in [2.75, 3.05) is 36.8 Å². The highest BCUT2D eigenvalue weighted by atomic mass is 35.5. The second-order valence-corrected chi connectivity index (χ2v) is 10.6. The minimum atomic E-state index is -3.90. The van der Waals surface area contributed by atoms with Crippen LogP contribution in [0.25, 0.3) is 10.2 Å². The molecule has 1 heterocycles. The summed E-state index contributed by atoms with van der Waals surface area (Å²) in [7, 11) is -3.90. The number of hydrogen-bond acceptors (Lipinski definition) is 8. The van der Waals surface area contributed by atoms with Gasteiger partial charge in [0.15, 0.2) is 15.0 Å². The van der Waals surface area contributed by atoms with E-state index in [0.717, 1.165) is 24.4 Å². The summed E-state index contributed by atoms with van der Waals surface area (Å²) < 4.78 is 26.2. The molecule has 0 bridgehead atoms. The van der Waals surface area contributed by atoms with Gasteiger partial charge in [0.2, 0.25) is 5.91 Å². The Hall–Kier alpha value is -2.60. The number of likely N-dealkylation sites (N-methyl/N-ethyl adjacent to an activating group) is 1. The lowest BCUT2D eigenvalue weighted by atomic mass is 10.3. The Morgan fingerprint density at radius 3 is 2.39 bits per heavy atom. The molecule has 0 unspecified atom stereocenters. The molecule has 0 saturated carbocycles. The summed E-state index contributed by atoms with van der Waals surface area (Å²) in [5.74, 6) is -1.35. The summed E-state index contributed by atoms with van der Waals surface area (Å²) in [5, 5.41) is 11.8. The van der Waals surface area contributed by atoms with Gasteiger partial charge in [0.1, 0.15) is 5.75 Å². The van der Waals surface area contributed by atoms with E-state index in [-0.39, 0.29) is 17.1 Å². The Labute approximate surface area is 200 Å². The van der Waals surface area contributed by atoms with E-state index in [4.69, 9.17) is 11.6 Å². The molecule has 33 heavy (non-hydrogen) atoms. The van der Waals surface area contributed by atoms with Crippen LogP contribution in [0.15, 0.2) is 47.4 Å². The SMILES string of the molecule is CCN(CC)CCN(C(=O)CS(=O)(=O)c1ccc(Cl)cc1)c1nc2ccc([N+](=O)[O-])cc2s1. The number of amides is 1. The molecule has 0 aliphatic carbocycles. The molecule has 12 heteroatoms. The number of halogens is 1. The van der Waals surface area contributed by atoms with E-state index in [2.05, 4.69) is 9.88 Å². The van der Waals surface area contributed by atoms with Gasteiger partial charge in [-0.15, -0.1) is 0 Å². The molecule has 2 aromatic carbocycles. The number of anilines is 1. The number of nitro groups is 1. The molecule has 0 saturated heterocycles. The summed E-state index contributed by atoms with van der Waals surface area (Å²) in [6.45, 7) is 6.30. The molecule has 0 fully saturated rings. The predicted octanol–water partition coefficient (Wildman–Crippen LogP) is 4.01. The zero-order valence-electron chi connectivity index (χ0n) is 18.1. The average molecular weight is 511 g/mol. The summed E-state index contributed by atoms with van der Waals surface area (Å²) in [5.41, 5.74) is 0.422. The van der Waals surface area contributed by atoms with Gasteiger partial charge in [0.25, 0.3) is 5.69 Å². The van der Waals surface area contributed by atoms with Gasteiger partial charge in [0, 0.05) is 30.2 Å². The van der Waals surface area contributed by atoms with Gasteiger partial charge in [0.05, 0.1) is 20.0 Å². The van der Waals surface area contributed by atoms with Gasteiger partial charge in [-0.2, -0.15) is 0 Å². The average Bonchev–Trinajstić information content (AvgIpc) is 3.19. The van der Waals surface area contributed by atoms with E-state index >= 15 is 0 Å². The number of sulfone groups is 1. The highest BCUT2D eigenvalue weighted by molar-refractivity contribution is 7.92. The lowest BCUT2D eigenvalue weighted by Crippen LogP contribution is -2.41. The van der Waals surface area contributed by atoms with Crippen molar-refractivity contribution in [2.24, 2.45) is 0 Å². The van der Waals surface area contributed by atoms with Crippen molar-refractivity contribution in [3.63, 3.8) is 0 Å². The number of rotatable bonds is 10. The molecule has 9 nitrogen and oxygen atoms in total. The Kier molecular flexibility index (Phi) is 8.01. The fourth-order valence-corrected chi connectivity index (χ4v) is 5.57. The van der Waals surface area contributed by atoms with E-state index in [0.29, 0.717) is 26.9 Å². The number of nitrogens with zero attached hydrogens (tertiary/aromatic N) is 4. The molecule has 0 atom stereocenters. The molecule has 0 radical (unpaired) electrons. The third-order valence-corrected chi connectivity index (χ3v) is 8.03. The van der Waals surface area contributed by atoms with Crippen LogP contribution in [0.2, 0.25) is 5.02 Å². The van der Waals surface area contributed by atoms with Crippen LogP contribution in [0.1, 0.15) is 13.8 Å². The molecule has 0 spiro atoms. The van der Waals surface area contributed by atoms with Gasteiger partial charge >= 0.3 is 0 Å². The number of hydrogen-bond donors (Lipinski definition) is 0. The Morgan fingerprint density at radius 2 is 1.79 bits per heavy atom. The number of aromatic nitrogens is 1. The molecule has 1 aromatic heterocycles. The van der Waals surface area contributed by atoms with Gasteiger partial charge in [-0.1, -0.05) is 36.8 Å². The van der Waals surface area contributed by atoms with Crippen molar-refractivity contribution in [2.45, 2.75) is 18.7 Å². The first-order valence-electron chi connectivity index (χ1n) is 10.2. The van der Waals surface area contributed by atoms with E-state index in [1.165, 1.54) is 47.4 Å². The van der Waals surface area contributed by atoms with Crippen LogP contribution < -0.4 is 4.90 Å². The van der Waals surface area contributed by atoms with E-state index in [1.54, 1.807) is 0 Å². The van der Waals surface area contributed by atoms with Crippen molar-refractivity contribution in [3.05, 3.63) is 57.6 Å². The van der Waals surface area contributed by atoms with E-state index in [1.807, 2.05) is 13.8 Å². The highest BCUT2D eigenvalue weighted by Gasteiger charge is 2.27. The number of nitro benzene ring substituents is 1. The normalized spacial score (nSPS) is 11.8. The Balaban J connectivity index is 1.93. The summed E-state index contributed by atoms with van der Waals surface area (Å²) in [6, 6.07) is 9.90. The summed E-state index contributed by atoms with van der Waals surface area (Å²) in [4.78, 5) is 31.7. The van der Waals surface area contributed by atoms with Crippen LogP contribution in [0, 0.1) is 10.1 Å². The molecular weight excluding hydrogens is 488 g/mol. The lowest BCUT2D eigenvalue weighted by Gasteiger charge is -2.24. The van der Waals surface area contributed by atoms with Crippen molar-refractivity contribution in [1.82, 2.24) is 9.88 Å². The zero-order valence-corrected chi connectivity index (χ0v) is 20.5. The van der Waals surface area contributed by atoms with Crippen molar-refractivity contribution in [3.8, 4) is 0 Å². The quantitative estimate of drug-likeness (QED) is 0.299. The highest BCUT2D eigenvalue weighted by Crippen LogP contribution is 2.32. The monoisotopic (exact) mass is 510 g/mol. The van der Waals surface area contributed by atoms with Gasteiger partial charge in [-0.05, 0) is 43.4 Å². The number of carbonyl (C=O) groups is 1. The first-order chi connectivity index (χ1) is 15.6. The fraction of sp³-hybridized carbons (Fsp3) is 0.333. The van der Waals surface area contributed by atoms with Crippen LogP contribution in [0.4, 0.5) is 10.8 Å². The lowest BCUT2D eigenvalue weighted by molar-refractivity contribution is -0.384.